The van der Waals surface area contributed by atoms with Crippen LogP contribution in [0.4, 0.5) is 9.59 Å². The fraction of sp³-hybridized carbons (Fsp3) is 0.481. The molecule has 4 N–H and O–H groups in total. The Hall–Kier alpha value is -6.59. The summed E-state index contributed by atoms with van der Waals surface area (Å²) in [7, 11) is 2.65. The van der Waals surface area contributed by atoms with Crippen molar-refractivity contribution in [2.45, 2.75) is 75.3 Å². The first-order valence-electron chi connectivity index (χ1n) is 24.6. The summed E-state index contributed by atoms with van der Waals surface area (Å²) in [5.41, 5.74) is 8.16. The number of imidazole rings is 2. The first-order valence-corrected chi connectivity index (χ1v) is 24.6. The van der Waals surface area contributed by atoms with Gasteiger partial charge in [0.05, 0.1) is 59.6 Å². The molecule has 3 aromatic heterocycles. The van der Waals surface area contributed by atoms with Crippen LogP contribution in [0.5, 0.6) is 0 Å². The third kappa shape index (κ3) is 7.04. The van der Waals surface area contributed by atoms with Crippen molar-refractivity contribution in [2.24, 2.45) is 41.4 Å². The lowest BCUT2D eigenvalue weighted by atomic mass is 9.90. The molecule has 2 bridgehead atoms. The summed E-state index contributed by atoms with van der Waals surface area (Å²) >= 11 is 0. The number of aromatic nitrogens is 5. The Kier molecular flexibility index (Phi) is 10.0. The molecule has 0 radical (unpaired) electrons. The Morgan fingerprint density at radius 1 is 0.638 bits per heavy atom. The monoisotopic (exact) mass is 933 g/mol. The van der Waals surface area contributed by atoms with Gasteiger partial charge >= 0.3 is 12.2 Å². The van der Waals surface area contributed by atoms with Gasteiger partial charge in [0.2, 0.25) is 11.8 Å². The second-order valence-electron chi connectivity index (χ2n) is 20.4. The quantitative estimate of drug-likeness (QED) is 0.114. The van der Waals surface area contributed by atoms with Crippen LogP contribution in [0.25, 0.3) is 55.4 Å². The number of carbonyl (C=O) groups excluding carboxylic acids is 4. The Morgan fingerprint density at radius 2 is 1.19 bits per heavy atom. The molecule has 11 atom stereocenters. The number of fused-ring (bicyclic) bond motifs is 5. The molecule has 5 aliphatic heterocycles. The second kappa shape index (κ2) is 16.3. The summed E-state index contributed by atoms with van der Waals surface area (Å²) in [5.74, 6) is 3.51. The largest absolute Gasteiger partial charge is 0.453 e. The number of hydrogen-bond donors (Lipinski definition) is 4. The molecule has 0 spiro atoms. The number of hydrogen-bond acceptors (Lipinski definition) is 11. The summed E-state index contributed by atoms with van der Waals surface area (Å²) < 4.78 is 21.1. The standard InChI is InChI=1S/C52H55N9O8/c1-24-31-23-38(60(44(24)31)49(62)42(58-51(64)66-2)25-12-16-68-17-13-25)47-54-34-10-5-28(21-36(34)56-47)27-4-8-32-29(20-27)6-9-33(53-32)30-7-11-35-37(22-30)57-48(55-35)46-41-39-40(41)45(39)61(46)50(63)43(59-52(65)67-3)26-14-18-69-19-15-26/h4-11,20-22,24-26,31,38-46H,12-19,23H2,1-3H3,(H,54,56)(H,55,57)(H,58,64)(H,59,65)/t24-,31+,38+,39-,40?,41?,42+,43+,44-,45?,46+/m1/s1. The first kappa shape index (κ1) is 42.5. The molecule has 14 rings (SSSR count). The average Bonchev–Trinajstić information content (AvgIpc) is 4.10. The van der Waals surface area contributed by atoms with Gasteiger partial charge in [-0.1, -0.05) is 31.2 Å². The zero-order valence-electron chi connectivity index (χ0n) is 38.7. The number of alkyl carbamates (subject to hydrolysis) is 2. The molecule has 4 amide bonds. The van der Waals surface area contributed by atoms with Crippen LogP contribution < -0.4 is 10.6 Å². The van der Waals surface area contributed by atoms with Crippen LogP contribution >= 0.6 is 0 Å². The molecule has 3 unspecified atom stereocenters. The summed E-state index contributed by atoms with van der Waals surface area (Å²) in [5, 5.41) is 6.77. The van der Waals surface area contributed by atoms with E-state index in [1.54, 1.807) is 0 Å². The van der Waals surface area contributed by atoms with Crippen LogP contribution in [0.3, 0.4) is 0 Å². The Bertz CT molecular complexity index is 3060. The van der Waals surface area contributed by atoms with E-state index in [9.17, 15) is 19.2 Å². The van der Waals surface area contributed by atoms with E-state index in [1.807, 2.05) is 34.1 Å². The smallest absolute Gasteiger partial charge is 0.407 e. The van der Waals surface area contributed by atoms with Gasteiger partial charge in [-0.3, -0.25) is 9.59 Å². The number of nitrogens with one attached hydrogen (secondary N) is 4. The SMILES string of the molecule is COC(=O)N[C@H](C(=O)N1C2C3C([C@@H]32)[C@H]1c1nc2ccc(-c3ccc4cc(-c5ccc6nc([C@@H]7C[C@H]8[C@@H](C)[C@H]8N7C(=O)[C@@H](NC(=O)OC)C7CCOCC7)[nH]c6c5)ccc4n3)cc2[nH]1)C1CCOCC1. The van der Waals surface area contributed by atoms with Crippen LogP contribution in [0.2, 0.25) is 0 Å². The molecule has 8 heterocycles. The highest BCUT2D eigenvalue weighted by atomic mass is 16.5. The van der Waals surface area contributed by atoms with Gasteiger partial charge in [0, 0.05) is 49.5 Å². The number of carbonyl (C=O) groups is 4. The van der Waals surface area contributed by atoms with Crippen LogP contribution in [0, 0.1) is 41.4 Å². The molecule has 3 aromatic carbocycles. The first-order chi connectivity index (χ1) is 33.7. The molecule has 17 nitrogen and oxygen atoms in total. The van der Waals surface area contributed by atoms with E-state index < -0.39 is 24.3 Å². The number of H-pyrrole nitrogens is 2. The van der Waals surface area contributed by atoms with Crippen molar-refractivity contribution in [3.63, 3.8) is 0 Å². The third-order valence-electron chi connectivity index (χ3n) is 16.8. The van der Waals surface area contributed by atoms with E-state index in [1.165, 1.54) is 14.2 Å². The summed E-state index contributed by atoms with van der Waals surface area (Å²) in [6.07, 6.45) is 2.40. The van der Waals surface area contributed by atoms with Gasteiger partial charge in [0.1, 0.15) is 23.7 Å². The van der Waals surface area contributed by atoms with Crippen LogP contribution in [0.15, 0.2) is 66.7 Å². The fourth-order valence-corrected chi connectivity index (χ4v) is 13.0. The van der Waals surface area contributed by atoms with Crippen LogP contribution in [-0.4, -0.2) is 124 Å². The van der Waals surface area contributed by atoms with Crippen molar-refractivity contribution in [3.05, 3.63) is 78.4 Å². The lowest BCUT2D eigenvalue weighted by Gasteiger charge is -2.35. The Balaban J connectivity index is 0.732. The third-order valence-corrected chi connectivity index (χ3v) is 16.8. The minimum Gasteiger partial charge on any atom is -0.453 e. The molecule has 6 aromatic rings. The van der Waals surface area contributed by atoms with Crippen LogP contribution in [0.1, 0.15) is 62.8 Å². The van der Waals surface area contributed by atoms with Crippen molar-refractivity contribution in [1.82, 2.24) is 45.4 Å². The van der Waals surface area contributed by atoms with Crippen LogP contribution in [-0.2, 0) is 28.5 Å². The second-order valence-corrected chi connectivity index (χ2v) is 20.4. The maximum absolute atomic E-state index is 14.5. The summed E-state index contributed by atoms with van der Waals surface area (Å²) in [6.45, 7) is 4.44. The maximum atomic E-state index is 14.5. The van der Waals surface area contributed by atoms with Crippen molar-refractivity contribution in [2.75, 3.05) is 40.6 Å². The number of ether oxygens (including phenoxy) is 4. The van der Waals surface area contributed by atoms with E-state index in [2.05, 4.69) is 70.0 Å². The van der Waals surface area contributed by atoms with Gasteiger partial charge < -0.3 is 49.3 Å². The van der Waals surface area contributed by atoms with Gasteiger partial charge in [-0.15, -0.1) is 0 Å². The molecule has 17 heteroatoms. The molecule has 69 heavy (non-hydrogen) atoms. The zero-order chi connectivity index (χ0) is 46.8. The number of rotatable bonds is 10. The number of piperidine rings is 2. The summed E-state index contributed by atoms with van der Waals surface area (Å²) in [4.78, 5) is 80.2. The van der Waals surface area contributed by atoms with Gasteiger partial charge in [-0.25, -0.2) is 24.5 Å². The number of benzene rings is 3. The van der Waals surface area contributed by atoms with E-state index in [0.717, 1.165) is 73.4 Å². The molecule has 3 aliphatic carbocycles. The summed E-state index contributed by atoms with van der Waals surface area (Å²) in [6, 6.07) is 21.4. The fourth-order valence-electron chi connectivity index (χ4n) is 13.0. The van der Waals surface area contributed by atoms with Crippen molar-refractivity contribution >= 4 is 57.0 Å². The zero-order valence-corrected chi connectivity index (χ0v) is 38.7. The number of likely N-dealkylation sites (tertiary alicyclic amines) is 1. The van der Waals surface area contributed by atoms with Gasteiger partial charge in [0.25, 0.3) is 0 Å². The van der Waals surface area contributed by atoms with Crippen molar-refractivity contribution in [1.29, 1.82) is 0 Å². The van der Waals surface area contributed by atoms with E-state index >= 15 is 0 Å². The molecule has 8 aliphatic rings. The highest BCUT2D eigenvalue weighted by Crippen LogP contribution is 2.81. The normalized spacial score (nSPS) is 28.8. The highest BCUT2D eigenvalue weighted by molar-refractivity contribution is 5.91. The molecule has 3 saturated carbocycles. The minimum atomic E-state index is -0.695. The lowest BCUT2D eigenvalue weighted by Crippen LogP contribution is -2.54. The topological polar surface area (TPSA) is 206 Å². The number of pyridine rings is 1. The highest BCUT2D eigenvalue weighted by Gasteiger charge is 2.86. The Morgan fingerprint density at radius 3 is 1.83 bits per heavy atom. The van der Waals surface area contributed by atoms with Crippen molar-refractivity contribution < 1.29 is 38.1 Å². The lowest BCUT2D eigenvalue weighted by molar-refractivity contribution is -0.138. The number of methoxy groups -OCH3 is 2. The molecule has 356 valence electrons. The number of nitrogens with zero attached hydrogens (tertiary/aromatic N) is 5. The van der Waals surface area contributed by atoms with E-state index in [-0.39, 0.29) is 47.8 Å². The average molecular weight is 934 g/mol. The Labute approximate surface area is 397 Å². The molecular weight excluding hydrogens is 879 g/mol. The van der Waals surface area contributed by atoms with E-state index in [4.69, 9.17) is 33.9 Å². The van der Waals surface area contributed by atoms with Gasteiger partial charge in [-0.05, 0) is 127 Å². The van der Waals surface area contributed by atoms with E-state index in [0.29, 0.717) is 81.7 Å². The predicted octanol–water partition coefficient (Wildman–Crippen LogP) is 6.66. The molecule has 5 saturated heterocycles. The van der Waals surface area contributed by atoms with Gasteiger partial charge in [0.15, 0.2) is 0 Å². The van der Waals surface area contributed by atoms with Gasteiger partial charge in [-0.2, -0.15) is 0 Å². The van der Waals surface area contributed by atoms with Crippen molar-refractivity contribution in [3.8, 4) is 22.4 Å². The molecular formula is C52H55N9O8. The molecule has 8 fully saturated rings. The minimum absolute atomic E-state index is 0.0238. The number of aromatic amines is 2. The number of amides is 4. The maximum Gasteiger partial charge on any atom is 0.407 e. The predicted molar refractivity (Wildman–Crippen MR) is 252 cm³/mol.